The number of sulfonamides is 1. The number of nitrogen functional groups attached to an aromatic ring is 1. The highest BCUT2D eigenvalue weighted by atomic mass is 35.5. The molecule has 0 atom stereocenters. The van der Waals surface area contributed by atoms with Gasteiger partial charge < -0.3 is 5.73 Å². The number of halogens is 2. The molecule has 7 heteroatoms. The van der Waals surface area contributed by atoms with E-state index in [1.807, 2.05) is 6.92 Å². The Morgan fingerprint density at radius 1 is 1.28 bits per heavy atom. The first-order valence-electron chi connectivity index (χ1n) is 5.37. The van der Waals surface area contributed by atoms with E-state index in [1.54, 1.807) is 13.8 Å². The molecule has 0 heterocycles. The summed E-state index contributed by atoms with van der Waals surface area (Å²) < 4.78 is 27.0. The average molecular weight is 311 g/mol. The molecule has 102 valence electrons. The lowest BCUT2D eigenvalue weighted by atomic mass is 10.0. The maximum absolute atomic E-state index is 12.2. The van der Waals surface area contributed by atoms with Crippen LogP contribution in [0.3, 0.4) is 0 Å². The minimum Gasteiger partial charge on any atom is -0.399 e. The average Bonchev–Trinajstić information content (AvgIpc) is 2.13. The van der Waals surface area contributed by atoms with E-state index in [9.17, 15) is 8.42 Å². The Balaban J connectivity index is 3.30. The van der Waals surface area contributed by atoms with Crippen LogP contribution in [0.5, 0.6) is 0 Å². The van der Waals surface area contributed by atoms with Gasteiger partial charge in [-0.05, 0) is 32.4 Å². The molecule has 4 nitrogen and oxygen atoms in total. The zero-order valence-corrected chi connectivity index (χ0v) is 12.7. The van der Waals surface area contributed by atoms with Crippen LogP contribution in [-0.4, -0.2) is 14.0 Å². The number of hydrogen-bond acceptors (Lipinski definition) is 3. The minimum absolute atomic E-state index is 0.0133. The Bertz CT molecular complexity index is 533. The molecule has 0 saturated carbocycles. The molecule has 3 N–H and O–H groups in total. The summed E-state index contributed by atoms with van der Waals surface area (Å²) in [5.41, 5.74) is 5.28. The highest BCUT2D eigenvalue weighted by molar-refractivity contribution is 7.89. The molecule has 0 saturated heterocycles. The van der Waals surface area contributed by atoms with Crippen LogP contribution in [-0.2, 0) is 10.0 Å². The molecule has 0 fully saturated rings. The van der Waals surface area contributed by atoms with Gasteiger partial charge in [0.2, 0.25) is 10.0 Å². The van der Waals surface area contributed by atoms with E-state index >= 15 is 0 Å². The second-order valence-electron chi connectivity index (χ2n) is 4.66. The summed E-state index contributed by atoms with van der Waals surface area (Å²) in [7, 11) is -3.78. The molecule has 0 aliphatic rings. The number of rotatable bonds is 4. The van der Waals surface area contributed by atoms with Gasteiger partial charge in [0.05, 0.1) is 10.0 Å². The number of benzene rings is 1. The fraction of sp³-hybridized carbons (Fsp3) is 0.455. The third-order valence-electron chi connectivity index (χ3n) is 2.58. The third kappa shape index (κ3) is 3.51. The molecule has 0 aromatic heterocycles. The van der Waals surface area contributed by atoms with Crippen LogP contribution >= 0.6 is 23.2 Å². The lowest BCUT2D eigenvalue weighted by Gasteiger charge is -2.24. The number of hydrogen-bond donors (Lipinski definition) is 2. The maximum Gasteiger partial charge on any atom is 0.244 e. The van der Waals surface area contributed by atoms with Gasteiger partial charge in [0, 0.05) is 11.2 Å². The van der Waals surface area contributed by atoms with Crippen molar-refractivity contribution in [1.29, 1.82) is 0 Å². The summed E-state index contributed by atoms with van der Waals surface area (Å²) >= 11 is 11.8. The molecule has 1 aromatic carbocycles. The van der Waals surface area contributed by atoms with Crippen LogP contribution in [0.15, 0.2) is 17.0 Å². The summed E-state index contributed by atoms with van der Waals surface area (Å²) in [6.07, 6.45) is 0.635. The van der Waals surface area contributed by atoms with Crippen molar-refractivity contribution in [2.45, 2.75) is 37.6 Å². The number of nitrogens with two attached hydrogens (primary N) is 1. The van der Waals surface area contributed by atoms with Crippen LogP contribution in [0.1, 0.15) is 27.2 Å². The van der Waals surface area contributed by atoms with E-state index in [0.29, 0.717) is 12.1 Å². The van der Waals surface area contributed by atoms with Crippen LogP contribution < -0.4 is 10.5 Å². The lowest BCUT2D eigenvalue weighted by molar-refractivity contribution is 0.439. The molecular weight excluding hydrogens is 295 g/mol. The van der Waals surface area contributed by atoms with E-state index in [2.05, 4.69) is 4.72 Å². The topological polar surface area (TPSA) is 72.2 Å². The number of nitrogens with one attached hydrogen (secondary N) is 1. The normalized spacial score (nSPS) is 12.7. The molecule has 0 spiro atoms. The van der Waals surface area contributed by atoms with Crippen molar-refractivity contribution in [3.8, 4) is 0 Å². The van der Waals surface area contributed by atoms with Crippen LogP contribution in [0, 0.1) is 0 Å². The first-order chi connectivity index (χ1) is 8.09. The predicted octanol–water partition coefficient (Wildman–Crippen LogP) is 3.04. The second kappa shape index (κ2) is 5.25. The van der Waals surface area contributed by atoms with Gasteiger partial charge in [-0.2, -0.15) is 0 Å². The van der Waals surface area contributed by atoms with Crippen molar-refractivity contribution >= 4 is 38.9 Å². The highest BCUT2D eigenvalue weighted by Gasteiger charge is 2.28. The molecule has 0 aliphatic heterocycles. The highest BCUT2D eigenvalue weighted by Crippen LogP contribution is 2.32. The first kappa shape index (κ1) is 15.6. The van der Waals surface area contributed by atoms with Gasteiger partial charge in [-0.15, -0.1) is 0 Å². The second-order valence-corrected chi connectivity index (χ2v) is 7.09. The molecule has 0 radical (unpaired) electrons. The fourth-order valence-electron chi connectivity index (χ4n) is 1.32. The zero-order chi connectivity index (χ0) is 14.1. The van der Waals surface area contributed by atoms with E-state index in [-0.39, 0.29) is 14.9 Å². The van der Waals surface area contributed by atoms with Crippen molar-refractivity contribution in [3.05, 3.63) is 22.2 Å². The summed E-state index contributed by atoms with van der Waals surface area (Å²) in [6.45, 7) is 5.45. The fourth-order valence-corrected chi connectivity index (χ4v) is 4.04. The van der Waals surface area contributed by atoms with Crippen LogP contribution in [0.25, 0.3) is 0 Å². The Morgan fingerprint density at radius 3 is 2.11 bits per heavy atom. The summed E-state index contributed by atoms with van der Waals surface area (Å²) in [6, 6.07) is 2.72. The van der Waals surface area contributed by atoms with Gasteiger partial charge in [-0.1, -0.05) is 30.1 Å². The van der Waals surface area contributed by atoms with E-state index in [1.165, 1.54) is 12.1 Å². The molecule has 0 amide bonds. The first-order valence-corrected chi connectivity index (χ1v) is 7.61. The number of anilines is 1. The smallest absolute Gasteiger partial charge is 0.244 e. The maximum atomic E-state index is 12.2. The molecule has 0 unspecified atom stereocenters. The third-order valence-corrected chi connectivity index (χ3v) is 5.20. The van der Waals surface area contributed by atoms with Crippen molar-refractivity contribution in [2.24, 2.45) is 0 Å². The van der Waals surface area contributed by atoms with Crippen molar-refractivity contribution in [3.63, 3.8) is 0 Å². The molecule has 18 heavy (non-hydrogen) atoms. The summed E-state index contributed by atoms with van der Waals surface area (Å²) in [5, 5.41) is 0.0267. The van der Waals surface area contributed by atoms with Crippen LogP contribution in [0.2, 0.25) is 10.0 Å². The molecule has 1 rings (SSSR count). The summed E-state index contributed by atoms with van der Waals surface area (Å²) in [5.74, 6) is 0. The van der Waals surface area contributed by atoms with E-state index in [0.717, 1.165) is 0 Å². The Morgan fingerprint density at radius 2 is 1.72 bits per heavy atom. The predicted molar refractivity (Wildman–Crippen MR) is 75.6 cm³/mol. The van der Waals surface area contributed by atoms with Crippen LogP contribution in [0.4, 0.5) is 5.69 Å². The SMILES string of the molecule is CCC(C)(C)NS(=O)(=O)c1c(Cl)cc(N)cc1Cl. The van der Waals surface area contributed by atoms with Crippen molar-refractivity contribution in [2.75, 3.05) is 5.73 Å². The molecular formula is C11H16Cl2N2O2S. The van der Waals surface area contributed by atoms with Gasteiger partial charge >= 0.3 is 0 Å². The summed E-state index contributed by atoms with van der Waals surface area (Å²) in [4.78, 5) is -0.137. The van der Waals surface area contributed by atoms with E-state index < -0.39 is 15.6 Å². The molecule has 0 bridgehead atoms. The molecule has 0 aliphatic carbocycles. The molecule has 1 aromatic rings. The lowest BCUT2D eigenvalue weighted by Crippen LogP contribution is -2.42. The van der Waals surface area contributed by atoms with Gasteiger partial charge in [-0.3, -0.25) is 0 Å². The monoisotopic (exact) mass is 310 g/mol. The van der Waals surface area contributed by atoms with Crippen molar-refractivity contribution < 1.29 is 8.42 Å². The zero-order valence-electron chi connectivity index (χ0n) is 10.4. The Labute approximate surface area is 118 Å². The Hall–Kier alpha value is -0.490. The minimum atomic E-state index is -3.78. The van der Waals surface area contributed by atoms with Crippen molar-refractivity contribution in [1.82, 2.24) is 4.72 Å². The largest absolute Gasteiger partial charge is 0.399 e. The quantitative estimate of drug-likeness (QED) is 0.840. The van der Waals surface area contributed by atoms with E-state index in [4.69, 9.17) is 28.9 Å². The van der Waals surface area contributed by atoms with Gasteiger partial charge in [0.15, 0.2) is 0 Å². The standard InChI is InChI=1S/C11H16Cl2N2O2S/c1-4-11(2,3)15-18(16,17)10-8(12)5-7(14)6-9(10)13/h5-6,15H,4,14H2,1-3H3. The Kier molecular flexibility index (Phi) is 4.54. The van der Waals surface area contributed by atoms with Gasteiger partial charge in [0.25, 0.3) is 0 Å². The van der Waals surface area contributed by atoms with Gasteiger partial charge in [0.1, 0.15) is 4.90 Å². The van der Waals surface area contributed by atoms with Gasteiger partial charge in [-0.25, -0.2) is 13.1 Å².